The highest BCUT2D eigenvalue weighted by Gasteiger charge is 2.28. The van der Waals surface area contributed by atoms with E-state index in [0.29, 0.717) is 12.6 Å². The van der Waals surface area contributed by atoms with Crippen LogP contribution in [0.2, 0.25) is 0 Å². The zero-order valence-electron chi connectivity index (χ0n) is 11.5. The summed E-state index contributed by atoms with van der Waals surface area (Å²) in [6, 6.07) is 0.335. The van der Waals surface area contributed by atoms with E-state index in [0.717, 1.165) is 25.9 Å². The summed E-state index contributed by atoms with van der Waals surface area (Å²) in [5.74, 6) is 0.0916. The van der Waals surface area contributed by atoms with E-state index in [4.69, 9.17) is 5.73 Å². The van der Waals surface area contributed by atoms with Crippen molar-refractivity contribution in [3.05, 3.63) is 0 Å². The fourth-order valence-corrected chi connectivity index (χ4v) is 2.09. The Morgan fingerprint density at radius 3 is 2.47 bits per heavy atom. The molecule has 0 aromatic rings. The average Bonchev–Trinajstić information content (AvgIpc) is 2.32. The van der Waals surface area contributed by atoms with Crippen molar-refractivity contribution in [2.24, 2.45) is 11.1 Å². The molecule has 0 spiro atoms. The van der Waals surface area contributed by atoms with Gasteiger partial charge in [0.25, 0.3) is 0 Å². The summed E-state index contributed by atoms with van der Waals surface area (Å²) in [5, 5.41) is 3.13. The molecule has 1 saturated heterocycles. The molecule has 1 fully saturated rings. The van der Waals surface area contributed by atoms with Crippen LogP contribution in [0.3, 0.4) is 0 Å². The van der Waals surface area contributed by atoms with Gasteiger partial charge >= 0.3 is 0 Å². The molecule has 1 aliphatic heterocycles. The first-order valence-corrected chi connectivity index (χ1v) is 6.73. The smallest absolute Gasteiger partial charge is 0.227 e. The zero-order chi connectivity index (χ0) is 12.9. The SMILES string of the molecule is CCCN1CCC(NC(=O)C(C)(C)CN)CC1. The topological polar surface area (TPSA) is 58.4 Å². The predicted octanol–water partition coefficient (Wildman–Crippen LogP) is 0.962. The van der Waals surface area contributed by atoms with Gasteiger partial charge in [-0.3, -0.25) is 4.79 Å². The van der Waals surface area contributed by atoms with E-state index in [1.54, 1.807) is 0 Å². The first-order chi connectivity index (χ1) is 7.99. The molecule has 0 aliphatic carbocycles. The van der Waals surface area contributed by atoms with E-state index in [1.165, 1.54) is 13.0 Å². The molecule has 0 atom stereocenters. The Hall–Kier alpha value is -0.610. The quantitative estimate of drug-likeness (QED) is 0.754. The number of hydrogen-bond acceptors (Lipinski definition) is 3. The highest BCUT2D eigenvalue weighted by Crippen LogP contribution is 2.16. The van der Waals surface area contributed by atoms with E-state index in [2.05, 4.69) is 17.1 Å². The van der Waals surface area contributed by atoms with Crippen LogP contribution in [0, 0.1) is 5.41 Å². The zero-order valence-corrected chi connectivity index (χ0v) is 11.5. The molecule has 0 aromatic carbocycles. The first kappa shape index (κ1) is 14.5. The average molecular weight is 241 g/mol. The highest BCUT2D eigenvalue weighted by molar-refractivity contribution is 5.82. The minimum Gasteiger partial charge on any atom is -0.353 e. The van der Waals surface area contributed by atoms with E-state index in [1.807, 2.05) is 13.8 Å². The van der Waals surface area contributed by atoms with Crippen molar-refractivity contribution in [2.45, 2.75) is 46.1 Å². The number of amides is 1. The molecule has 3 N–H and O–H groups in total. The summed E-state index contributed by atoms with van der Waals surface area (Å²) in [6.07, 6.45) is 3.33. The third kappa shape index (κ3) is 4.28. The second-order valence-corrected chi connectivity index (χ2v) is 5.68. The number of carbonyl (C=O) groups is 1. The molecule has 100 valence electrons. The number of piperidine rings is 1. The van der Waals surface area contributed by atoms with Gasteiger partial charge in [0.15, 0.2) is 0 Å². The van der Waals surface area contributed by atoms with Crippen LogP contribution >= 0.6 is 0 Å². The van der Waals surface area contributed by atoms with Crippen LogP contribution in [-0.2, 0) is 4.79 Å². The van der Waals surface area contributed by atoms with Gasteiger partial charge in [-0.15, -0.1) is 0 Å². The van der Waals surface area contributed by atoms with Gasteiger partial charge in [-0.25, -0.2) is 0 Å². The number of likely N-dealkylation sites (tertiary alicyclic amines) is 1. The van der Waals surface area contributed by atoms with Crippen molar-refractivity contribution in [1.82, 2.24) is 10.2 Å². The number of hydrogen-bond donors (Lipinski definition) is 2. The van der Waals surface area contributed by atoms with Crippen molar-refractivity contribution < 1.29 is 4.79 Å². The fourth-order valence-electron chi connectivity index (χ4n) is 2.09. The number of nitrogens with one attached hydrogen (secondary N) is 1. The van der Waals surface area contributed by atoms with Crippen LogP contribution in [0.1, 0.15) is 40.0 Å². The molecule has 0 aromatic heterocycles. The third-order valence-electron chi connectivity index (χ3n) is 3.59. The Morgan fingerprint density at radius 1 is 1.41 bits per heavy atom. The molecule has 0 unspecified atom stereocenters. The van der Waals surface area contributed by atoms with Gasteiger partial charge in [-0.2, -0.15) is 0 Å². The Kier molecular flexibility index (Phi) is 5.40. The molecule has 4 nitrogen and oxygen atoms in total. The van der Waals surface area contributed by atoms with Crippen molar-refractivity contribution in [3.8, 4) is 0 Å². The lowest BCUT2D eigenvalue weighted by Gasteiger charge is -2.33. The minimum atomic E-state index is -0.444. The number of nitrogens with zero attached hydrogens (tertiary/aromatic N) is 1. The van der Waals surface area contributed by atoms with Crippen molar-refractivity contribution in [1.29, 1.82) is 0 Å². The van der Waals surface area contributed by atoms with Crippen molar-refractivity contribution in [2.75, 3.05) is 26.2 Å². The summed E-state index contributed by atoms with van der Waals surface area (Å²) >= 11 is 0. The second-order valence-electron chi connectivity index (χ2n) is 5.68. The molecule has 0 saturated carbocycles. The minimum absolute atomic E-state index is 0.0916. The maximum Gasteiger partial charge on any atom is 0.227 e. The van der Waals surface area contributed by atoms with Crippen LogP contribution in [-0.4, -0.2) is 43.0 Å². The maximum atomic E-state index is 12.0. The lowest BCUT2D eigenvalue weighted by Crippen LogP contribution is -2.50. The van der Waals surface area contributed by atoms with Gasteiger partial charge < -0.3 is 16.0 Å². The molecule has 1 aliphatic rings. The van der Waals surface area contributed by atoms with Gasteiger partial charge in [0.05, 0.1) is 5.41 Å². The number of rotatable bonds is 5. The van der Waals surface area contributed by atoms with E-state index >= 15 is 0 Å². The van der Waals surface area contributed by atoms with E-state index < -0.39 is 5.41 Å². The monoisotopic (exact) mass is 241 g/mol. The third-order valence-corrected chi connectivity index (χ3v) is 3.59. The molecule has 17 heavy (non-hydrogen) atoms. The van der Waals surface area contributed by atoms with Crippen LogP contribution in [0.25, 0.3) is 0 Å². The summed E-state index contributed by atoms with van der Waals surface area (Å²) < 4.78 is 0. The highest BCUT2D eigenvalue weighted by atomic mass is 16.2. The normalized spacial score (nSPS) is 19.3. The largest absolute Gasteiger partial charge is 0.353 e. The van der Waals surface area contributed by atoms with Crippen LogP contribution in [0.15, 0.2) is 0 Å². The summed E-state index contributed by atoms with van der Waals surface area (Å²) in [6.45, 7) is 9.77. The van der Waals surface area contributed by atoms with Crippen molar-refractivity contribution >= 4 is 5.91 Å². The Labute approximate surface area is 105 Å². The summed E-state index contributed by atoms with van der Waals surface area (Å²) in [7, 11) is 0. The summed E-state index contributed by atoms with van der Waals surface area (Å²) in [4.78, 5) is 14.4. The molecule has 1 amide bonds. The lowest BCUT2D eigenvalue weighted by molar-refractivity contribution is -0.129. The molecular weight excluding hydrogens is 214 g/mol. The van der Waals surface area contributed by atoms with E-state index in [9.17, 15) is 4.79 Å². The van der Waals surface area contributed by atoms with Crippen molar-refractivity contribution in [3.63, 3.8) is 0 Å². The Bertz CT molecular complexity index is 245. The number of carbonyl (C=O) groups excluding carboxylic acids is 1. The molecule has 1 rings (SSSR count). The van der Waals surface area contributed by atoms with E-state index in [-0.39, 0.29) is 5.91 Å². The molecular formula is C13H27N3O. The Balaban J connectivity index is 2.33. The maximum absolute atomic E-state index is 12.0. The van der Waals surface area contributed by atoms with Crippen LogP contribution in [0.5, 0.6) is 0 Å². The molecule has 4 heteroatoms. The molecule has 1 heterocycles. The van der Waals surface area contributed by atoms with Gasteiger partial charge in [0.2, 0.25) is 5.91 Å². The van der Waals surface area contributed by atoms with Crippen LogP contribution in [0.4, 0.5) is 0 Å². The first-order valence-electron chi connectivity index (χ1n) is 6.73. The summed E-state index contributed by atoms with van der Waals surface area (Å²) in [5.41, 5.74) is 5.16. The van der Waals surface area contributed by atoms with Gasteiger partial charge in [0, 0.05) is 25.7 Å². The van der Waals surface area contributed by atoms with Gasteiger partial charge in [-0.05, 0) is 39.7 Å². The fraction of sp³-hybridized carbons (Fsp3) is 0.923. The Morgan fingerprint density at radius 2 is 2.00 bits per heavy atom. The van der Waals surface area contributed by atoms with Gasteiger partial charge in [-0.1, -0.05) is 6.92 Å². The lowest BCUT2D eigenvalue weighted by atomic mass is 9.91. The van der Waals surface area contributed by atoms with Crippen LogP contribution < -0.4 is 11.1 Å². The standard InChI is InChI=1S/C13H27N3O/c1-4-7-16-8-5-11(6-9-16)15-12(17)13(2,3)10-14/h11H,4-10,14H2,1-3H3,(H,15,17). The predicted molar refractivity (Wildman–Crippen MR) is 70.7 cm³/mol. The van der Waals surface area contributed by atoms with Gasteiger partial charge in [0.1, 0.15) is 0 Å². The number of nitrogens with two attached hydrogens (primary N) is 1. The molecule has 0 radical (unpaired) electrons. The second kappa shape index (κ2) is 6.36. The molecule has 0 bridgehead atoms.